The smallest absolute Gasteiger partial charge is 0.227 e. The minimum Gasteiger partial charge on any atom is -0.227 e. The third kappa shape index (κ3) is 2.70. The summed E-state index contributed by atoms with van der Waals surface area (Å²) in [4.78, 5) is 7.75. The van der Waals surface area contributed by atoms with Gasteiger partial charge in [-0.3, -0.25) is 0 Å². The van der Waals surface area contributed by atoms with Crippen molar-refractivity contribution < 1.29 is 8.78 Å². The second kappa shape index (κ2) is 5.27. The lowest BCUT2D eigenvalue weighted by Crippen LogP contribution is -1.85. The monoisotopic (exact) mass is 256 g/mol. The maximum atomic E-state index is 13.1. The second-order valence-electron chi connectivity index (χ2n) is 2.75. The van der Waals surface area contributed by atoms with Crippen LogP contribution in [-0.4, -0.2) is 9.97 Å². The number of hydrogen-bond donors (Lipinski definition) is 0. The Labute approximate surface area is 98.9 Å². The van der Waals surface area contributed by atoms with Gasteiger partial charge in [-0.1, -0.05) is 0 Å². The fraction of sp³-hybridized carbons (Fsp3) is 0. The summed E-state index contributed by atoms with van der Waals surface area (Å²) in [6, 6.07) is 6.44. The molecule has 0 saturated carbocycles. The molecule has 0 spiro atoms. The quantitative estimate of drug-likeness (QED) is 0.619. The van der Waals surface area contributed by atoms with Crippen molar-refractivity contribution in [3.63, 3.8) is 0 Å². The topological polar surface area (TPSA) is 25.8 Å². The van der Waals surface area contributed by atoms with E-state index in [1.165, 1.54) is 12.4 Å². The van der Waals surface area contributed by atoms with Crippen LogP contribution in [0.5, 0.6) is 0 Å². The van der Waals surface area contributed by atoms with Crippen LogP contribution in [0.3, 0.4) is 0 Å². The van der Waals surface area contributed by atoms with E-state index in [1.54, 1.807) is 24.3 Å². The lowest BCUT2D eigenvalue weighted by molar-refractivity contribution is 0.556. The van der Waals surface area contributed by atoms with Crippen molar-refractivity contribution >= 4 is 21.6 Å². The Morgan fingerprint density at radius 3 is 1.62 bits per heavy atom. The first-order valence-corrected chi connectivity index (χ1v) is 6.48. The molecule has 82 valence electrons. The van der Waals surface area contributed by atoms with Crippen molar-refractivity contribution in [2.24, 2.45) is 0 Å². The predicted molar refractivity (Wildman–Crippen MR) is 60.1 cm³/mol. The van der Waals surface area contributed by atoms with Gasteiger partial charge in [-0.15, -0.1) is 0 Å². The van der Waals surface area contributed by atoms with E-state index in [4.69, 9.17) is 0 Å². The number of hydrogen-bond acceptors (Lipinski definition) is 4. The van der Waals surface area contributed by atoms with Gasteiger partial charge in [0.1, 0.15) is 0 Å². The third-order valence-corrected chi connectivity index (χ3v) is 4.05. The Hall–Kier alpha value is -1.14. The minimum atomic E-state index is -0.552. The Bertz CT molecular complexity index is 448. The average Bonchev–Trinajstić information content (AvgIpc) is 2.30. The molecule has 0 bridgehead atoms. The normalized spacial score (nSPS) is 10.4. The van der Waals surface area contributed by atoms with E-state index in [0.29, 0.717) is 9.79 Å². The van der Waals surface area contributed by atoms with Crippen LogP contribution in [0.1, 0.15) is 0 Å². The van der Waals surface area contributed by atoms with Gasteiger partial charge < -0.3 is 0 Å². The van der Waals surface area contributed by atoms with Crippen molar-refractivity contribution in [1.82, 2.24) is 9.97 Å². The minimum absolute atomic E-state index is 0.371. The highest BCUT2D eigenvalue weighted by atomic mass is 33.1. The molecule has 2 aromatic rings. The zero-order valence-electron chi connectivity index (χ0n) is 7.93. The summed E-state index contributed by atoms with van der Waals surface area (Å²) in [6.45, 7) is 0. The summed E-state index contributed by atoms with van der Waals surface area (Å²) in [5, 5.41) is 0. The molecule has 2 aromatic heterocycles. The van der Waals surface area contributed by atoms with Crippen molar-refractivity contribution in [2.75, 3.05) is 0 Å². The molecule has 0 saturated heterocycles. The first-order valence-electron chi connectivity index (χ1n) is 4.33. The van der Waals surface area contributed by atoms with Gasteiger partial charge in [0.25, 0.3) is 0 Å². The molecule has 6 heteroatoms. The molecule has 2 heterocycles. The Morgan fingerprint density at radius 1 is 0.812 bits per heavy atom. The zero-order valence-corrected chi connectivity index (χ0v) is 9.56. The summed E-state index contributed by atoms with van der Waals surface area (Å²) >= 11 is 0. The Kier molecular flexibility index (Phi) is 3.74. The molecule has 0 aliphatic heterocycles. The van der Waals surface area contributed by atoms with Gasteiger partial charge in [0.05, 0.1) is 9.79 Å². The molecule has 0 atom stereocenters. The highest BCUT2D eigenvalue weighted by Crippen LogP contribution is 2.38. The SMILES string of the molecule is Fc1ncccc1SSc1cccnc1F. The number of aromatic nitrogens is 2. The fourth-order valence-corrected chi connectivity index (χ4v) is 2.93. The number of rotatable bonds is 3. The highest BCUT2D eigenvalue weighted by Gasteiger charge is 2.07. The first-order chi connectivity index (χ1) is 7.77. The predicted octanol–water partition coefficient (Wildman–Crippen LogP) is 3.55. The average molecular weight is 256 g/mol. The van der Waals surface area contributed by atoms with Crippen molar-refractivity contribution in [2.45, 2.75) is 9.79 Å². The molecule has 0 N–H and O–H groups in total. The van der Waals surface area contributed by atoms with Gasteiger partial charge in [0.15, 0.2) is 0 Å². The van der Waals surface area contributed by atoms with Crippen LogP contribution >= 0.6 is 21.6 Å². The van der Waals surface area contributed by atoms with Gasteiger partial charge in [0, 0.05) is 12.4 Å². The number of nitrogens with zero attached hydrogens (tertiary/aromatic N) is 2. The van der Waals surface area contributed by atoms with E-state index in [0.717, 1.165) is 21.6 Å². The van der Waals surface area contributed by atoms with E-state index < -0.39 is 11.9 Å². The molecule has 0 aliphatic carbocycles. The summed E-state index contributed by atoms with van der Waals surface area (Å²) < 4.78 is 26.3. The van der Waals surface area contributed by atoms with E-state index in [9.17, 15) is 8.78 Å². The molecule has 16 heavy (non-hydrogen) atoms. The third-order valence-electron chi connectivity index (χ3n) is 1.67. The fourth-order valence-electron chi connectivity index (χ4n) is 0.957. The van der Waals surface area contributed by atoms with E-state index >= 15 is 0 Å². The Balaban J connectivity index is 2.09. The molecule has 0 aromatic carbocycles. The molecule has 0 radical (unpaired) electrons. The molecule has 2 nitrogen and oxygen atoms in total. The van der Waals surface area contributed by atoms with Gasteiger partial charge in [-0.2, -0.15) is 8.78 Å². The van der Waals surface area contributed by atoms with Crippen LogP contribution in [0.4, 0.5) is 8.78 Å². The summed E-state index contributed by atoms with van der Waals surface area (Å²) in [7, 11) is 2.23. The van der Waals surface area contributed by atoms with Gasteiger partial charge in [-0.05, 0) is 45.9 Å². The summed E-state index contributed by atoms with van der Waals surface area (Å²) in [6.07, 6.45) is 2.74. The largest absolute Gasteiger partial charge is 0.227 e. The standard InChI is InChI=1S/C10H6F2N2S2/c11-9-7(3-1-5-13-9)15-16-8-4-2-6-14-10(8)12/h1-6H. The molecular formula is C10H6F2N2S2. The van der Waals surface area contributed by atoms with Crippen LogP contribution in [0.2, 0.25) is 0 Å². The lowest BCUT2D eigenvalue weighted by Gasteiger charge is -2.01. The molecule has 0 fully saturated rings. The van der Waals surface area contributed by atoms with E-state index in [2.05, 4.69) is 9.97 Å². The molecule has 0 amide bonds. The van der Waals surface area contributed by atoms with Gasteiger partial charge in [-0.25, -0.2) is 9.97 Å². The maximum absolute atomic E-state index is 13.1. The number of pyridine rings is 2. The van der Waals surface area contributed by atoms with Crippen LogP contribution in [0.25, 0.3) is 0 Å². The van der Waals surface area contributed by atoms with Crippen molar-refractivity contribution in [3.8, 4) is 0 Å². The Morgan fingerprint density at radius 2 is 1.25 bits per heavy atom. The molecular weight excluding hydrogens is 250 g/mol. The summed E-state index contributed by atoms with van der Waals surface area (Å²) in [5.74, 6) is -1.10. The van der Waals surface area contributed by atoms with Crippen LogP contribution in [0, 0.1) is 11.9 Å². The second-order valence-corrected chi connectivity index (χ2v) is 4.96. The van der Waals surface area contributed by atoms with Crippen LogP contribution in [0.15, 0.2) is 46.5 Å². The summed E-state index contributed by atoms with van der Waals surface area (Å²) in [5.41, 5.74) is 0. The highest BCUT2D eigenvalue weighted by molar-refractivity contribution is 8.76. The zero-order chi connectivity index (χ0) is 11.4. The van der Waals surface area contributed by atoms with Crippen molar-refractivity contribution in [3.05, 3.63) is 48.6 Å². The molecule has 2 rings (SSSR count). The van der Waals surface area contributed by atoms with Crippen LogP contribution in [-0.2, 0) is 0 Å². The maximum Gasteiger partial charge on any atom is 0.227 e. The number of halogens is 2. The molecule has 0 unspecified atom stereocenters. The first kappa shape index (κ1) is 11.3. The van der Waals surface area contributed by atoms with E-state index in [-0.39, 0.29) is 0 Å². The van der Waals surface area contributed by atoms with Gasteiger partial charge >= 0.3 is 0 Å². The van der Waals surface area contributed by atoms with Crippen molar-refractivity contribution in [1.29, 1.82) is 0 Å². The van der Waals surface area contributed by atoms with Gasteiger partial charge in [0.2, 0.25) is 11.9 Å². The van der Waals surface area contributed by atoms with E-state index in [1.807, 2.05) is 0 Å². The molecule has 0 aliphatic rings. The van der Waals surface area contributed by atoms with Crippen LogP contribution < -0.4 is 0 Å². The lowest BCUT2D eigenvalue weighted by atomic mass is 10.5.